The average molecular weight is 309 g/mol. The highest BCUT2D eigenvalue weighted by Gasteiger charge is 2.61. The number of fused-ring (bicyclic) bond motifs is 2. The summed E-state index contributed by atoms with van der Waals surface area (Å²) >= 11 is 0. The fourth-order valence-corrected chi connectivity index (χ4v) is 6.61. The van der Waals surface area contributed by atoms with Gasteiger partial charge in [-0.1, -0.05) is 63.0 Å². The van der Waals surface area contributed by atoms with Crippen molar-refractivity contribution < 1.29 is 4.79 Å². The molecule has 1 aromatic carbocycles. The van der Waals surface area contributed by atoms with Crippen molar-refractivity contribution in [1.29, 1.82) is 5.26 Å². The molecule has 0 saturated heterocycles. The van der Waals surface area contributed by atoms with Gasteiger partial charge in [-0.2, -0.15) is 5.26 Å². The Balaban J connectivity index is 2.47. The smallest absolute Gasteiger partial charge is 0.188 e. The molecular weight excluding hydrogens is 286 g/mol. The van der Waals surface area contributed by atoms with Crippen LogP contribution in [0.15, 0.2) is 29.8 Å². The van der Waals surface area contributed by atoms with Crippen LogP contribution in [0.4, 0.5) is 0 Å². The summed E-state index contributed by atoms with van der Waals surface area (Å²) in [7, 11) is -1.67. The molecule has 2 aliphatic carbocycles. The van der Waals surface area contributed by atoms with E-state index in [-0.39, 0.29) is 11.2 Å². The Kier molecular flexibility index (Phi) is 3.06. The van der Waals surface area contributed by atoms with Crippen LogP contribution in [-0.4, -0.2) is 13.9 Å². The van der Waals surface area contributed by atoms with Crippen LogP contribution in [0, 0.1) is 22.2 Å². The van der Waals surface area contributed by atoms with Crippen molar-refractivity contribution in [3.8, 4) is 6.07 Å². The fraction of sp³-hybridized carbons (Fsp3) is 0.474. The van der Waals surface area contributed by atoms with Crippen molar-refractivity contribution in [2.75, 3.05) is 0 Å². The predicted molar refractivity (Wildman–Crippen MR) is 92.1 cm³/mol. The highest BCUT2D eigenvalue weighted by atomic mass is 28.3. The van der Waals surface area contributed by atoms with E-state index in [1.165, 1.54) is 5.20 Å². The van der Waals surface area contributed by atoms with E-state index in [1.807, 2.05) is 18.2 Å². The van der Waals surface area contributed by atoms with Crippen molar-refractivity contribution in [1.82, 2.24) is 0 Å². The third kappa shape index (κ3) is 1.68. The van der Waals surface area contributed by atoms with Crippen LogP contribution in [0.5, 0.6) is 0 Å². The molecule has 2 aliphatic rings. The Bertz CT molecular complexity index is 745. The first-order valence-electron chi connectivity index (χ1n) is 7.96. The van der Waals surface area contributed by atoms with Crippen molar-refractivity contribution in [3.05, 3.63) is 41.0 Å². The summed E-state index contributed by atoms with van der Waals surface area (Å²) in [6, 6.07) is 10.4. The minimum Gasteiger partial charge on any atom is -0.292 e. The molecule has 1 fully saturated rings. The number of ketones is 1. The molecular formula is C19H23NOSi. The summed E-state index contributed by atoms with van der Waals surface area (Å²) in [4.78, 5) is 13.3. The number of carbonyl (C=O) groups is 1. The van der Waals surface area contributed by atoms with E-state index in [0.717, 1.165) is 29.5 Å². The molecule has 0 aliphatic heterocycles. The van der Waals surface area contributed by atoms with Crippen molar-refractivity contribution in [2.45, 2.75) is 46.3 Å². The molecule has 1 aromatic rings. The van der Waals surface area contributed by atoms with Gasteiger partial charge in [-0.3, -0.25) is 4.79 Å². The topological polar surface area (TPSA) is 40.9 Å². The van der Waals surface area contributed by atoms with Crippen LogP contribution in [0.2, 0.25) is 19.6 Å². The summed E-state index contributed by atoms with van der Waals surface area (Å²) in [5.41, 5.74) is 1.71. The maximum atomic E-state index is 13.3. The van der Waals surface area contributed by atoms with Gasteiger partial charge >= 0.3 is 0 Å². The van der Waals surface area contributed by atoms with Crippen LogP contribution in [0.25, 0.3) is 5.20 Å². The number of carbonyl (C=O) groups excluding carboxylic acids is 1. The van der Waals surface area contributed by atoms with E-state index in [2.05, 4.69) is 45.6 Å². The van der Waals surface area contributed by atoms with E-state index in [9.17, 15) is 10.1 Å². The van der Waals surface area contributed by atoms with Crippen molar-refractivity contribution in [2.24, 2.45) is 10.8 Å². The lowest BCUT2D eigenvalue weighted by atomic mass is 9.61. The summed E-state index contributed by atoms with van der Waals surface area (Å²) in [5, 5.41) is 11.4. The van der Waals surface area contributed by atoms with Crippen molar-refractivity contribution >= 4 is 19.1 Å². The highest BCUT2D eigenvalue weighted by Crippen LogP contribution is 2.62. The van der Waals surface area contributed by atoms with Gasteiger partial charge in [0.15, 0.2) is 5.78 Å². The molecule has 3 rings (SSSR count). The molecule has 0 spiro atoms. The zero-order valence-corrected chi connectivity index (χ0v) is 15.1. The zero-order valence-electron chi connectivity index (χ0n) is 14.1. The second-order valence-corrected chi connectivity index (χ2v) is 13.2. The second-order valence-electron chi connectivity index (χ2n) is 8.22. The Morgan fingerprint density at radius 3 is 2.27 bits per heavy atom. The van der Waals surface area contributed by atoms with Crippen molar-refractivity contribution in [3.63, 3.8) is 0 Å². The van der Waals surface area contributed by atoms with Gasteiger partial charge in [-0.25, -0.2) is 0 Å². The minimum atomic E-state index is -1.67. The SMILES string of the molecule is CC1(C)CCC2=C([Si](C)(C)C)c3ccccc3C(=O)C21C#N. The summed E-state index contributed by atoms with van der Waals surface area (Å²) < 4.78 is 0. The van der Waals surface area contributed by atoms with Gasteiger partial charge in [0.05, 0.1) is 14.1 Å². The Morgan fingerprint density at radius 1 is 1.14 bits per heavy atom. The first kappa shape index (κ1) is 15.2. The third-order valence-corrected chi connectivity index (χ3v) is 7.54. The molecule has 1 unspecified atom stereocenters. The van der Waals surface area contributed by atoms with Crippen LogP contribution in [-0.2, 0) is 0 Å². The quantitative estimate of drug-likeness (QED) is 0.696. The van der Waals surface area contributed by atoms with E-state index < -0.39 is 13.5 Å². The van der Waals surface area contributed by atoms with Gasteiger partial charge < -0.3 is 0 Å². The molecule has 1 atom stereocenters. The molecule has 0 N–H and O–H groups in total. The first-order chi connectivity index (χ1) is 10.2. The largest absolute Gasteiger partial charge is 0.292 e. The van der Waals surface area contributed by atoms with Crippen LogP contribution in [0.1, 0.15) is 42.6 Å². The molecule has 2 nitrogen and oxygen atoms in total. The summed E-state index contributed by atoms with van der Waals surface area (Å²) in [5.74, 6) is 0.0186. The van der Waals surface area contributed by atoms with Gasteiger partial charge in [0.2, 0.25) is 0 Å². The third-order valence-electron chi connectivity index (χ3n) is 5.47. The van der Waals surface area contributed by atoms with E-state index in [4.69, 9.17) is 0 Å². The van der Waals surface area contributed by atoms with E-state index in [0.29, 0.717) is 0 Å². The van der Waals surface area contributed by atoms with Gasteiger partial charge in [0.1, 0.15) is 5.41 Å². The number of nitriles is 1. The lowest BCUT2D eigenvalue weighted by Gasteiger charge is -2.41. The average Bonchev–Trinajstić information content (AvgIpc) is 2.70. The molecule has 0 heterocycles. The van der Waals surface area contributed by atoms with Gasteiger partial charge in [0, 0.05) is 5.56 Å². The molecule has 1 saturated carbocycles. The molecule has 0 aromatic heterocycles. The minimum absolute atomic E-state index is 0.0186. The fourth-order valence-electron chi connectivity index (χ4n) is 4.37. The summed E-state index contributed by atoms with van der Waals surface area (Å²) in [6.45, 7) is 11.1. The number of Topliss-reactive ketones (excluding diaryl/α,β-unsaturated/α-hetero) is 1. The Hall–Kier alpha value is -1.66. The van der Waals surface area contributed by atoms with E-state index >= 15 is 0 Å². The normalized spacial score (nSPS) is 26.5. The maximum Gasteiger partial charge on any atom is 0.188 e. The van der Waals surface area contributed by atoms with E-state index in [1.54, 1.807) is 0 Å². The van der Waals surface area contributed by atoms with Gasteiger partial charge in [-0.05, 0) is 29.4 Å². The van der Waals surface area contributed by atoms with Crippen LogP contribution < -0.4 is 0 Å². The Labute approximate surface area is 133 Å². The molecule has 0 amide bonds. The zero-order chi connectivity index (χ0) is 16.3. The standard InChI is InChI=1S/C19H23NOSi/c1-18(2)11-10-15-16(22(3,4)5)13-8-6-7-9-14(13)17(21)19(15,18)12-20/h6-9H,10-11H2,1-5H3. The van der Waals surface area contributed by atoms with Gasteiger partial charge in [-0.15, -0.1) is 0 Å². The second kappa shape index (κ2) is 4.42. The lowest BCUT2D eigenvalue weighted by Crippen LogP contribution is -2.45. The molecule has 0 radical (unpaired) electrons. The first-order valence-corrected chi connectivity index (χ1v) is 11.5. The number of allylic oxidation sites excluding steroid dienone is 1. The molecule has 22 heavy (non-hydrogen) atoms. The maximum absolute atomic E-state index is 13.3. The molecule has 0 bridgehead atoms. The number of hydrogen-bond donors (Lipinski definition) is 0. The lowest BCUT2D eigenvalue weighted by molar-refractivity contribution is 0.0771. The number of rotatable bonds is 1. The predicted octanol–water partition coefficient (Wildman–Crippen LogP) is 4.84. The summed E-state index contributed by atoms with van der Waals surface area (Å²) in [6.07, 6.45) is 1.78. The van der Waals surface area contributed by atoms with Crippen LogP contribution >= 0.6 is 0 Å². The number of hydrogen-bond acceptors (Lipinski definition) is 2. The molecule has 3 heteroatoms. The van der Waals surface area contributed by atoms with Crippen LogP contribution in [0.3, 0.4) is 0 Å². The number of benzene rings is 1. The number of nitrogens with zero attached hydrogens (tertiary/aromatic N) is 1. The highest BCUT2D eigenvalue weighted by molar-refractivity contribution is 6.94. The van der Waals surface area contributed by atoms with Gasteiger partial charge in [0.25, 0.3) is 0 Å². The Morgan fingerprint density at radius 2 is 1.73 bits per heavy atom. The molecule has 114 valence electrons. The monoisotopic (exact) mass is 309 g/mol.